The molecule has 0 bridgehead atoms. The van der Waals surface area contributed by atoms with Crippen LogP contribution in [-0.4, -0.2) is 17.8 Å². The van der Waals surface area contributed by atoms with Crippen LogP contribution in [0, 0.1) is 5.92 Å². The maximum Gasteiger partial charge on any atom is 0.120 e. The molecule has 3 heteroatoms. The number of aliphatic hydroxyl groups is 1. The second kappa shape index (κ2) is 8.32. The molecule has 1 unspecified atom stereocenters. The third kappa shape index (κ3) is 4.16. The van der Waals surface area contributed by atoms with Crippen LogP contribution < -0.4 is 10.5 Å². The van der Waals surface area contributed by atoms with Gasteiger partial charge in [-0.2, -0.15) is 0 Å². The molecule has 0 spiro atoms. The fourth-order valence-corrected chi connectivity index (χ4v) is 3.74. The smallest absolute Gasteiger partial charge is 0.120 e. The number of hydrogen-bond acceptors (Lipinski definition) is 3. The first-order valence-electron chi connectivity index (χ1n) is 8.92. The lowest BCUT2D eigenvalue weighted by molar-refractivity contribution is 0.0560. The van der Waals surface area contributed by atoms with Crippen molar-refractivity contribution in [3.05, 3.63) is 65.7 Å². The highest BCUT2D eigenvalue weighted by molar-refractivity contribution is 5.32. The Morgan fingerprint density at radius 1 is 1.04 bits per heavy atom. The zero-order chi connectivity index (χ0) is 16.8. The Morgan fingerprint density at radius 3 is 2.58 bits per heavy atom. The number of nitrogens with two attached hydrogens (primary N) is 1. The Morgan fingerprint density at radius 2 is 1.83 bits per heavy atom. The quantitative estimate of drug-likeness (QED) is 0.848. The van der Waals surface area contributed by atoms with E-state index in [-0.39, 0.29) is 17.9 Å². The van der Waals surface area contributed by atoms with Crippen LogP contribution in [0.1, 0.15) is 42.7 Å². The first-order chi connectivity index (χ1) is 11.8. The highest BCUT2D eigenvalue weighted by Gasteiger charge is 2.30. The van der Waals surface area contributed by atoms with Crippen LogP contribution in [0.25, 0.3) is 0 Å². The van der Waals surface area contributed by atoms with Gasteiger partial charge < -0.3 is 15.6 Å². The first kappa shape index (κ1) is 17.0. The summed E-state index contributed by atoms with van der Waals surface area (Å²) in [5, 5.41) is 10.4. The maximum absolute atomic E-state index is 10.4. The van der Waals surface area contributed by atoms with Gasteiger partial charge in [-0.1, -0.05) is 55.3 Å². The van der Waals surface area contributed by atoms with Crippen molar-refractivity contribution in [2.24, 2.45) is 11.7 Å². The normalized spacial score (nSPS) is 22.1. The predicted octanol–water partition coefficient (Wildman–Crippen LogP) is 3.86. The Balaban J connectivity index is 1.71. The zero-order valence-electron chi connectivity index (χ0n) is 14.1. The summed E-state index contributed by atoms with van der Waals surface area (Å²) >= 11 is 0. The molecule has 0 amide bonds. The van der Waals surface area contributed by atoms with Crippen molar-refractivity contribution >= 4 is 0 Å². The summed E-state index contributed by atoms with van der Waals surface area (Å²) in [5.74, 6) is 1.31. The molecule has 1 aliphatic carbocycles. The van der Waals surface area contributed by atoms with Crippen LogP contribution in [0.5, 0.6) is 5.75 Å². The van der Waals surface area contributed by atoms with E-state index in [2.05, 4.69) is 24.3 Å². The summed E-state index contributed by atoms with van der Waals surface area (Å²) in [6, 6.07) is 18.4. The fourth-order valence-electron chi connectivity index (χ4n) is 3.74. The Labute approximate surface area is 144 Å². The van der Waals surface area contributed by atoms with Crippen molar-refractivity contribution in [2.75, 3.05) is 6.54 Å². The minimum atomic E-state index is -0.235. The van der Waals surface area contributed by atoms with E-state index in [4.69, 9.17) is 10.5 Å². The van der Waals surface area contributed by atoms with Crippen molar-refractivity contribution in [1.29, 1.82) is 0 Å². The van der Waals surface area contributed by atoms with E-state index in [1.165, 1.54) is 12.0 Å². The Kier molecular flexibility index (Phi) is 5.89. The van der Waals surface area contributed by atoms with Crippen molar-refractivity contribution in [1.82, 2.24) is 0 Å². The molecule has 0 radical (unpaired) electrons. The summed E-state index contributed by atoms with van der Waals surface area (Å²) < 4.78 is 5.94. The fraction of sp³-hybridized carbons (Fsp3) is 0.429. The maximum atomic E-state index is 10.4. The van der Waals surface area contributed by atoms with Gasteiger partial charge in [-0.3, -0.25) is 0 Å². The van der Waals surface area contributed by atoms with Crippen molar-refractivity contribution < 1.29 is 9.84 Å². The lowest BCUT2D eigenvalue weighted by Gasteiger charge is -2.34. The lowest BCUT2D eigenvalue weighted by Crippen LogP contribution is -2.33. The molecule has 0 heterocycles. The molecule has 128 valence electrons. The summed E-state index contributed by atoms with van der Waals surface area (Å²) in [6.45, 7) is 1.12. The van der Waals surface area contributed by atoms with Crippen molar-refractivity contribution in [2.45, 2.75) is 44.3 Å². The van der Waals surface area contributed by atoms with Crippen LogP contribution in [0.3, 0.4) is 0 Å². The monoisotopic (exact) mass is 325 g/mol. The molecule has 0 aromatic heterocycles. The average Bonchev–Trinajstić information content (AvgIpc) is 2.63. The van der Waals surface area contributed by atoms with Crippen LogP contribution in [0.2, 0.25) is 0 Å². The molecule has 3 atom stereocenters. The van der Waals surface area contributed by atoms with Gasteiger partial charge in [0.15, 0.2) is 0 Å². The van der Waals surface area contributed by atoms with Gasteiger partial charge in [0, 0.05) is 5.92 Å². The molecule has 2 aromatic carbocycles. The highest BCUT2D eigenvalue weighted by Crippen LogP contribution is 2.36. The highest BCUT2D eigenvalue weighted by atomic mass is 16.5. The van der Waals surface area contributed by atoms with Crippen LogP contribution >= 0.6 is 0 Å². The zero-order valence-corrected chi connectivity index (χ0v) is 14.1. The van der Waals surface area contributed by atoms with Crippen LogP contribution in [-0.2, 0) is 6.61 Å². The van der Waals surface area contributed by atoms with Gasteiger partial charge in [0.25, 0.3) is 0 Å². The second-order valence-electron chi connectivity index (χ2n) is 6.70. The molecule has 3 nitrogen and oxygen atoms in total. The first-order valence-corrected chi connectivity index (χ1v) is 8.92. The summed E-state index contributed by atoms with van der Waals surface area (Å²) in [4.78, 5) is 0. The minimum absolute atomic E-state index is 0.195. The van der Waals surface area contributed by atoms with Gasteiger partial charge >= 0.3 is 0 Å². The van der Waals surface area contributed by atoms with E-state index in [9.17, 15) is 5.11 Å². The van der Waals surface area contributed by atoms with Crippen molar-refractivity contribution in [3.63, 3.8) is 0 Å². The van der Waals surface area contributed by atoms with E-state index in [1.54, 1.807) is 0 Å². The van der Waals surface area contributed by atoms with E-state index >= 15 is 0 Å². The minimum Gasteiger partial charge on any atom is -0.489 e. The SMILES string of the molecule is NCC(c1cccc(OCc2ccccc2)c1)[C@@H]1CCCC[C@@H]1O. The molecular weight excluding hydrogens is 298 g/mol. The van der Waals surface area contributed by atoms with Gasteiger partial charge in [-0.15, -0.1) is 0 Å². The van der Waals surface area contributed by atoms with Crippen molar-refractivity contribution in [3.8, 4) is 5.75 Å². The van der Waals surface area contributed by atoms with Gasteiger partial charge in [0.05, 0.1) is 6.10 Å². The second-order valence-corrected chi connectivity index (χ2v) is 6.70. The van der Waals surface area contributed by atoms with Gasteiger partial charge in [0.1, 0.15) is 12.4 Å². The summed E-state index contributed by atoms with van der Waals surface area (Å²) in [7, 11) is 0. The standard InChI is InChI=1S/C21H27NO2/c22-14-20(19-11-4-5-12-21(19)23)17-9-6-10-18(13-17)24-15-16-7-2-1-3-8-16/h1-3,6-10,13,19-21,23H,4-5,11-12,14-15,22H2/t19-,20?,21-/m0/s1. The lowest BCUT2D eigenvalue weighted by atomic mass is 9.75. The molecule has 3 rings (SSSR count). The number of hydrogen-bond donors (Lipinski definition) is 2. The van der Waals surface area contributed by atoms with E-state index in [0.717, 1.165) is 30.6 Å². The summed E-state index contributed by atoms with van der Waals surface area (Å²) in [6.07, 6.45) is 4.02. The third-order valence-corrected chi connectivity index (χ3v) is 5.09. The number of aliphatic hydroxyl groups excluding tert-OH is 1. The summed E-state index contributed by atoms with van der Waals surface area (Å²) in [5.41, 5.74) is 8.39. The van der Waals surface area contributed by atoms with E-state index in [1.807, 2.05) is 30.3 Å². The number of ether oxygens (including phenoxy) is 1. The van der Waals surface area contributed by atoms with Crippen LogP contribution in [0.4, 0.5) is 0 Å². The molecule has 2 aromatic rings. The largest absolute Gasteiger partial charge is 0.489 e. The number of benzene rings is 2. The average molecular weight is 325 g/mol. The Bertz CT molecular complexity index is 629. The van der Waals surface area contributed by atoms with E-state index in [0.29, 0.717) is 13.2 Å². The van der Waals surface area contributed by atoms with Gasteiger partial charge in [-0.05, 0) is 48.6 Å². The third-order valence-electron chi connectivity index (χ3n) is 5.09. The number of rotatable bonds is 6. The van der Waals surface area contributed by atoms with Crippen LogP contribution in [0.15, 0.2) is 54.6 Å². The molecule has 1 fully saturated rings. The molecular formula is C21H27NO2. The molecule has 0 aliphatic heterocycles. The Hall–Kier alpha value is -1.84. The van der Waals surface area contributed by atoms with E-state index < -0.39 is 0 Å². The van der Waals surface area contributed by atoms with Gasteiger partial charge in [0.2, 0.25) is 0 Å². The topological polar surface area (TPSA) is 55.5 Å². The molecule has 24 heavy (non-hydrogen) atoms. The molecule has 1 saturated carbocycles. The molecule has 0 saturated heterocycles. The molecule has 3 N–H and O–H groups in total. The van der Waals surface area contributed by atoms with Gasteiger partial charge in [-0.25, -0.2) is 0 Å². The molecule has 1 aliphatic rings. The predicted molar refractivity (Wildman–Crippen MR) is 97.0 cm³/mol.